The number of carbonyl (C=O) groups excluding carboxylic acids is 1. The largest absolute Gasteiger partial charge is 0.461 e. The minimum absolute atomic E-state index is 0.174. The number of thioether (sulfide) groups is 1. The maximum absolute atomic E-state index is 14.7. The number of carbonyl (C=O) groups is 1. The summed E-state index contributed by atoms with van der Waals surface area (Å²) in [5.41, 5.74) is 2.43. The lowest BCUT2D eigenvalue weighted by atomic mass is 10.1. The van der Waals surface area contributed by atoms with E-state index in [2.05, 4.69) is 15.5 Å². The number of anilines is 1. The van der Waals surface area contributed by atoms with Gasteiger partial charge in [0.15, 0.2) is 22.4 Å². The number of nitrogens with zero attached hydrogens (tertiary/aromatic N) is 3. The van der Waals surface area contributed by atoms with Gasteiger partial charge in [-0.3, -0.25) is 9.36 Å². The van der Waals surface area contributed by atoms with Gasteiger partial charge in [0.2, 0.25) is 12.6 Å². The van der Waals surface area contributed by atoms with Gasteiger partial charge in [0, 0.05) is 23.1 Å². The number of hydrogen-bond donors (Lipinski definition) is 1. The number of ether oxygens (including phenoxy) is 2. The molecule has 3 aromatic carbocycles. The number of hydrogen-bond acceptors (Lipinski definition) is 7. The molecular weight excluding hydrogens is 495 g/mol. The molecule has 0 saturated heterocycles. The highest BCUT2D eigenvalue weighted by atomic mass is 32.2. The Morgan fingerprint density at radius 1 is 0.973 bits per heavy atom. The summed E-state index contributed by atoms with van der Waals surface area (Å²) in [5, 5.41) is 11.9. The van der Waals surface area contributed by atoms with E-state index in [1.165, 1.54) is 24.1 Å². The van der Waals surface area contributed by atoms with E-state index in [0.717, 1.165) is 5.56 Å². The summed E-state index contributed by atoms with van der Waals surface area (Å²) >= 11 is 1.40. The van der Waals surface area contributed by atoms with E-state index < -0.39 is 5.82 Å². The van der Waals surface area contributed by atoms with E-state index in [0.29, 0.717) is 50.9 Å². The molecule has 5 aromatic rings. The normalized spacial score (nSPS) is 12.0. The van der Waals surface area contributed by atoms with Crippen molar-refractivity contribution in [3.63, 3.8) is 0 Å². The standard InChI is InChI=1S/C27H19FN4O4S/c28-20-4-1-2-5-21(20)32-25(23-6-3-13-34-23)30-31-27(32)37-15-17-7-9-18(10-8-17)26(33)29-19-11-12-22-24(14-19)36-16-35-22/h1-14H,15-16H2,(H,29,33). The second-order valence-electron chi connectivity index (χ2n) is 8.08. The molecule has 0 bridgehead atoms. The van der Waals surface area contributed by atoms with Gasteiger partial charge in [0.05, 0.1) is 12.0 Å². The number of aromatic nitrogens is 3. The number of para-hydroxylation sites is 1. The first-order chi connectivity index (χ1) is 18.2. The minimum Gasteiger partial charge on any atom is -0.461 e. The fourth-order valence-corrected chi connectivity index (χ4v) is 4.76. The molecule has 8 nitrogen and oxygen atoms in total. The van der Waals surface area contributed by atoms with Crippen molar-refractivity contribution >= 4 is 23.4 Å². The number of benzene rings is 3. The summed E-state index contributed by atoms with van der Waals surface area (Å²) in [7, 11) is 0. The van der Waals surface area contributed by atoms with Crippen molar-refractivity contribution in [2.24, 2.45) is 0 Å². The molecule has 0 saturated carbocycles. The monoisotopic (exact) mass is 514 g/mol. The predicted octanol–water partition coefficient (Wildman–Crippen LogP) is 5.94. The molecule has 0 unspecified atom stereocenters. The zero-order chi connectivity index (χ0) is 25.2. The smallest absolute Gasteiger partial charge is 0.255 e. The van der Waals surface area contributed by atoms with Gasteiger partial charge in [-0.15, -0.1) is 10.2 Å². The summed E-state index contributed by atoms with van der Waals surface area (Å²) in [6, 6.07) is 22.5. The fourth-order valence-electron chi connectivity index (χ4n) is 3.86. The van der Waals surface area contributed by atoms with E-state index in [4.69, 9.17) is 13.9 Å². The molecule has 1 aliphatic rings. The predicted molar refractivity (Wildman–Crippen MR) is 136 cm³/mol. The topological polar surface area (TPSA) is 91.4 Å². The Morgan fingerprint density at radius 3 is 2.62 bits per heavy atom. The molecule has 37 heavy (non-hydrogen) atoms. The molecular formula is C27H19FN4O4S. The molecule has 1 aliphatic heterocycles. The van der Waals surface area contributed by atoms with Crippen molar-refractivity contribution in [3.8, 4) is 28.8 Å². The SMILES string of the molecule is O=C(Nc1ccc2c(c1)OCO2)c1ccc(CSc2nnc(-c3ccco3)n2-c2ccccc2F)cc1. The Morgan fingerprint density at radius 2 is 1.81 bits per heavy atom. The third-order valence-electron chi connectivity index (χ3n) is 5.68. The Labute approximate surface area is 215 Å². The van der Waals surface area contributed by atoms with Crippen molar-refractivity contribution in [1.82, 2.24) is 14.8 Å². The summed E-state index contributed by atoms with van der Waals surface area (Å²) in [4.78, 5) is 12.7. The number of fused-ring (bicyclic) bond motifs is 1. The quantitative estimate of drug-likeness (QED) is 0.269. The molecule has 1 N–H and O–H groups in total. The van der Waals surface area contributed by atoms with Gasteiger partial charge in [-0.1, -0.05) is 36.0 Å². The third kappa shape index (κ3) is 4.66. The molecule has 0 aliphatic carbocycles. The van der Waals surface area contributed by atoms with Crippen molar-refractivity contribution in [2.45, 2.75) is 10.9 Å². The van der Waals surface area contributed by atoms with Crippen LogP contribution in [0.5, 0.6) is 11.5 Å². The van der Waals surface area contributed by atoms with Crippen LogP contribution in [-0.2, 0) is 5.75 Å². The van der Waals surface area contributed by atoms with E-state index >= 15 is 0 Å². The molecule has 0 radical (unpaired) electrons. The van der Waals surface area contributed by atoms with Crippen LogP contribution in [0.3, 0.4) is 0 Å². The fraction of sp³-hybridized carbons (Fsp3) is 0.0741. The number of nitrogens with one attached hydrogen (secondary N) is 1. The van der Waals surface area contributed by atoms with Gasteiger partial charge < -0.3 is 19.2 Å². The Kier molecular flexibility index (Phi) is 6.07. The highest BCUT2D eigenvalue weighted by Crippen LogP contribution is 2.34. The first-order valence-corrected chi connectivity index (χ1v) is 12.3. The van der Waals surface area contributed by atoms with Crippen LogP contribution in [0, 0.1) is 5.82 Å². The van der Waals surface area contributed by atoms with Crippen molar-refractivity contribution in [3.05, 3.63) is 102 Å². The number of furan rings is 1. The van der Waals surface area contributed by atoms with Crippen LogP contribution in [0.25, 0.3) is 17.3 Å². The maximum Gasteiger partial charge on any atom is 0.255 e. The average molecular weight is 515 g/mol. The first kappa shape index (κ1) is 22.9. The second-order valence-corrected chi connectivity index (χ2v) is 9.02. The Hall–Kier alpha value is -4.57. The van der Waals surface area contributed by atoms with E-state index in [9.17, 15) is 9.18 Å². The summed E-state index contributed by atoms with van der Waals surface area (Å²) in [6.45, 7) is 0.174. The molecule has 1 amide bonds. The Bertz CT molecular complexity index is 1570. The molecule has 3 heterocycles. The van der Waals surface area contributed by atoms with E-state index in [-0.39, 0.29) is 12.7 Å². The molecule has 0 atom stereocenters. The van der Waals surface area contributed by atoms with Crippen LogP contribution < -0.4 is 14.8 Å². The van der Waals surface area contributed by atoms with E-state index in [1.54, 1.807) is 65.2 Å². The van der Waals surface area contributed by atoms with Crippen molar-refractivity contribution in [1.29, 1.82) is 0 Å². The van der Waals surface area contributed by atoms with Gasteiger partial charge in [-0.2, -0.15) is 0 Å². The van der Waals surface area contributed by atoms with Crippen LogP contribution >= 0.6 is 11.8 Å². The molecule has 6 rings (SSSR count). The van der Waals surface area contributed by atoms with Gasteiger partial charge >= 0.3 is 0 Å². The van der Waals surface area contributed by atoms with Crippen molar-refractivity contribution in [2.75, 3.05) is 12.1 Å². The highest BCUT2D eigenvalue weighted by molar-refractivity contribution is 7.98. The molecule has 0 fully saturated rings. The second kappa shape index (κ2) is 9.82. The number of rotatable bonds is 7. The van der Waals surface area contributed by atoms with Crippen molar-refractivity contribution < 1.29 is 23.1 Å². The minimum atomic E-state index is -0.394. The van der Waals surface area contributed by atoms with Gasteiger partial charge in [0.25, 0.3) is 5.91 Å². The summed E-state index contributed by atoms with van der Waals surface area (Å²) < 4.78 is 32.5. The number of halogens is 1. The highest BCUT2D eigenvalue weighted by Gasteiger charge is 2.20. The summed E-state index contributed by atoms with van der Waals surface area (Å²) in [6.07, 6.45) is 1.53. The van der Waals surface area contributed by atoms with Crippen LogP contribution in [0.4, 0.5) is 10.1 Å². The third-order valence-corrected chi connectivity index (χ3v) is 6.68. The van der Waals surface area contributed by atoms with Crippen LogP contribution in [0.15, 0.2) is 94.7 Å². The zero-order valence-electron chi connectivity index (χ0n) is 19.3. The van der Waals surface area contributed by atoms with Gasteiger partial charge in [-0.25, -0.2) is 4.39 Å². The average Bonchev–Trinajstić information content (AvgIpc) is 3.69. The van der Waals surface area contributed by atoms with Crippen LogP contribution in [0.1, 0.15) is 15.9 Å². The molecule has 2 aromatic heterocycles. The van der Waals surface area contributed by atoms with Gasteiger partial charge in [0.1, 0.15) is 5.82 Å². The number of amides is 1. The maximum atomic E-state index is 14.7. The van der Waals surface area contributed by atoms with Crippen LogP contribution in [-0.4, -0.2) is 27.5 Å². The lowest BCUT2D eigenvalue weighted by Gasteiger charge is -2.10. The lowest BCUT2D eigenvalue weighted by molar-refractivity contribution is 0.102. The van der Waals surface area contributed by atoms with Crippen LogP contribution in [0.2, 0.25) is 0 Å². The zero-order valence-corrected chi connectivity index (χ0v) is 20.1. The summed E-state index contributed by atoms with van der Waals surface area (Å²) in [5.74, 6) is 2.06. The lowest BCUT2D eigenvalue weighted by Crippen LogP contribution is -2.11. The van der Waals surface area contributed by atoms with E-state index in [1.807, 2.05) is 12.1 Å². The molecule has 0 spiro atoms. The Balaban J connectivity index is 1.17. The van der Waals surface area contributed by atoms with Gasteiger partial charge in [-0.05, 0) is 54.1 Å². The molecule has 10 heteroatoms. The molecule has 184 valence electrons. The first-order valence-electron chi connectivity index (χ1n) is 11.3.